The Labute approximate surface area is 201 Å². The van der Waals surface area contributed by atoms with E-state index < -0.39 is 53.6 Å². The summed E-state index contributed by atoms with van der Waals surface area (Å²) in [5.41, 5.74) is 0.453. The van der Waals surface area contributed by atoms with E-state index in [-0.39, 0.29) is 34.5 Å². The molecule has 10 nitrogen and oxygen atoms in total. The van der Waals surface area contributed by atoms with E-state index in [9.17, 15) is 31.5 Å². The monoisotopic (exact) mass is 483 g/mol. The molecule has 0 aliphatic carbocycles. The van der Waals surface area contributed by atoms with Gasteiger partial charge in [0, 0.05) is 7.05 Å². The van der Waals surface area contributed by atoms with Crippen molar-refractivity contribution < 1.29 is 61.1 Å². The van der Waals surface area contributed by atoms with Gasteiger partial charge in [-0.2, -0.15) is 4.40 Å². The average Bonchev–Trinajstić information content (AvgIpc) is 2.76. The van der Waals surface area contributed by atoms with Crippen molar-refractivity contribution in [2.45, 2.75) is 41.8 Å². The van der Waals surface area contributed by atoms with Crippen LogP contribution in [0, 0.1) is 6.92 Å². The van der Waals surface area contributed by atoms with Crippen molar-refractivity contribution in [3.05, 3.63) is 29.8 Å². The summed E-state index contributed by atoms with van der Waals surface area (Å²) in [6.45, 7) is 4.21. The van der Waals surface area contributed by atoms with Crippen LogP contribution in [0.3, 0.4) is 0 Å². The maximum Gasteiger partial charge on any atom is 1.00 e. The topological polar surface area (TPSA) is 144 Å². The molecule has 2 aliphatic rings. The SMILES string of the molecule is Cc1ccc(S(=O)(=O)N(C)S/N=C2\C(=O)N3[C@@H](C(=O)[O-])C(C)(C)S(=O)(=O)[C@H]23)cc1.[Na+]. The minimum Gasteiger partial charge on any atom is -0.548 e. The summed E-state index contributed by atoms with van der Waals surface area (Å²) in [5, 5.41) is 9.88. The number of carboxylic acid groups (broad SMARTS) is 1. The Bertz CT molecular complexity index is 1130. The Morgan fingerprint density at radius 1 is 1.27 bits per heavy atom. The van der Waals surface area contributed by atoms with E-state index >= 15 is 0 Å². The number of amides is 1. The quantitative estimate of drug-likeness (QED) is 0.235. The van der Waals surface area contributed by atoms with Crippen molar-refractivity contribution in [2.75, 3.05) is 7.05 Å². The Hall–Kier alpha value is -0.960. The molecule has 158 valence electrons. The number of nitrogens with zero attached hydrogens (tertiary/aromatic N) is 3. The number of aliphatic carboxylic acids is 1. The molecule has 2 fully saturated rings. The van der Waals surface area contributed by atoms with Gasteiger partial charge in [-0.05, 0) is 32.9 Å². The molecule has 2 saturated heterocycles. The summed E-state index contributed by atoms with van der Waals surface area (Å²) in [4.78, 5) is 24.5. The number of benzene rings is 1. The molecular formula is C16H18N3NaO7S3. The number of rotatable bonds is 5. The standard InChI is InChI=1S/C16H19N3O7S3.Na/c1-9-5-7-10(8-6-9)29(25,26)18(4)27-17-11-13(20)19-12(15(21)22)16(2,3)28(23,24)14(11)19;/h5-8,12,14H,1-4H3,(H,21,22);/q;+1/p-1/b17-11+;/t12-,14+;/m0./s1. The van der Waals surface area contributed by atoms with Gasteiger partial charge in [-0.3, -0.25) is 4.79 Å². The second kappa shape index (κ2) is 8.19. The van der Waals surface area contributed by atoms with Crippen molar-refractivity contribution in [3.63, 3.8) is 0 Å². The van der Waals surface area contributed by atoms with Crippen LogP contribution in [0.2, 0.25) is 0 Å². The van der Waals surface area contributed by atoms with E-state index in [0.29, 0.717) is 17.0 Å². The van der Waals surface area contributed by atoms with Gasteiger partial charge in [-0.25, -0.2) is 16.8 Å². The van der Waals surface area contributed by atoms with Crippen molar-refractivity contribution in [3.8, 4) is 0 Å². The summed E-state index contributed by atoms with van der Waals surface area (Å²) in [6, 6.07) is 4.43. The molecule has 0 unspecified atom stereocenters. The molecule has 1 aromatic rings. The molecule has 3 rings (SSSR count). The third-order valence-corrected chi connectivity index (χ3v) is 10.6. The zero-order valence-electron chi connectivity index (χ0n) is 16.9. The number of hydrogen-bond acceptors (Lipinski definition) is 9. The van der Waals surface area contributed by atoms with Crippen LogP contribution in [0.1, 0.15) is 19.4 Å². The third kappa shape index (κ3) is 3.63. The third-order valence-electron chi connectivity index (χ3n) is 5.04. The van der Waals surface area contributed by atoms with Gasteiger partial charge in [0.1, 0.15) is 0 Å². The number of carbonyl (C=O) groups excluding carboxylic acids is 2. The summed E-state index contributed by atoms with van der Waals surface area (Å²) in [5.74, 6) is -2.56. The number of hydrogen-bond donors (Lipinski definition) is 0. The maximum atomic E-state index is 12.7. The molecule has 1 amide bonds. The van der Waals surface area contributed by atoms with Crippen LogP contribution in [-0.4, -0.2) is 66.2 Å². The predicted octanol–water partition coefficient (Wildman–Crippen LogP) is -3.88. The fourth-order valence-corrected chi connectivity index (χ4v) is 7.22. The summed E-state index contributed by atoms with van der Waals surface area (Å²) in [6.07, 6.45) is 0. The molecule has 2 atom stereocenters. The van der Waals surface area contributed by atoms with Gasteiger partial charge < -0.3 is 14.8 Å². The van der Waals surface area contributed by atoms with Crippen molar-refractivity contribution in [2.24, 2.45) is 4.40 Å². The van der Waals surface area contributed by atoms with Gasteiger partial charge >= 0.3 is 29.6 Å². The first-order chi connectivity index (χ1) is 13.2. The van der Waals surface area contributed by atoms with Crippen LogP contribution in [-0.2, 0) is 29.4 Å². The van der Waals surface area contributed by atoms with Crippen LogP contribution in [0.5, 0.6) is 0 Å². The number of aryl methyl sites for hydroxylation is 1. The molecule has 1 aromatic carbocycles. The van der Waals surface area contributed by atoms with Gasteiger partial charge in [0.15, 0.2) is 20.9 Å². The first-order valence-electron chi connectivity index (χ1n) is 8.32. The molecule has 14 heteroatoms. The first kappa shape index (κ1) is 25.3. The van der Waals surface area contributed by atoms with Crippen LogP contribution in [0.25, 0.3) is 0 Å². The predicted molar refractivity (Wildman–Crippen MR) is 104 cm³/mol. The molecule has 0 aromatic heterocycles. The zero-order valence-corrected chi connectivity index (χ0v) is 21.3. The Morgan fingerprint density at radius 3 is 2.30 bits per heavy atom. The van der Waals surface area contributed by atoms with E-state index in [1.165, 1.54) is 33.0 Å². The molecular weight excluding hydrogens is 465 g/mol. The molecule has 0 bridgehead atoms. The van der Waals surface area contributed by atoms with Gasteiger partial charge in [-0.1, -0.05) is 17.7 Å². The van der Waals surface area contributed by atoms with Crippen molar-refractivity contribution >= 4 is 49.6 Å². The molecule has 0 spiro atoms. The number of carboxylic acids is 1. The van der Waals surface area contributed by atoms with Crippen LogP contribution >= 0.6 is 12.1 Å². The summed E-state index contributed by atoms with van der Waals surface area (Å²) in [7, 11) is -6.84. The normalized spacial score (nSPS) is 25.6. The fraction of sp³-hybridized carbons (Fsp3) is 0.438. The van der Waals surface area contributed by atoms with Crippen molar-refractivity contribution in [1.29, 1.82) is 0 Å². The maximum absolute atomic E-state index is 12.7. The summed E-state index contributed by atoms with van der Waals surface area (Å²) < 4.78 is 53.5. The second-order valence-electron chi connectivity index (χ2n) is 7.22. The number of carbonyl (C=O) groups is 2. The molecule has 0 radical (unpaired) electrons. The average molecular weight is 484 g/mol. The minimum atomic E-state index is -4.11. The van der Waals surface area contributed by atoms with Gasteiger partial charge in [0.2, 0.25) is 0 Å². The fourth-order valence-electron chi connectivity index (χ4n) is 3.22. The molecule has 2 heterocycles. The van der Waals surface area contributed by atoms with Gasteiger partial charge in [0.05, 0.1) is 33.8 Å². The zero-order chi connectivity index (χ0) is 21.9. The number of sulfonamides is 1. The Morgan fingerprint density at radius 2 is 1.80 bits per heavy atom. The van der Waals surface area contributed by atoms with E-state index in [1.54, 1.807) is 19.1 Å². The van der Waals surface area contributed by atoms with Crippen LogP contribution in [0.4, 0.5) is 0 Å². The van der Waals surface area contributed by atoms with E-state index in [2.05, 4.69) is 4.40 Å². The van der Waals surface area contributed by atoms with Crippen molar-refractivity contribution in [1.82, 2.24) is 8.61 Å². The van der Waals surface area contributed by atoms with Gasteiger partial charge in [-0.15, -0.1) is 3.71 Å². The molecule has 0 saturated carbocycles. The minimum absolute atomic E-state index is 0. The van der Waals surface area contributed by atoms with Crippen LogP contribution in [0.15, 0.2) is 33.6 Å². The number of β-lactam (4-membered cyclic amide) rings is 1. The van der Waals surface area contributed by atoms with Crippen LogP contribution < -0.4 is 34.7 Å². The van der Waals surface area contributed by atoms with Gasteiger partial charge in [0.25, 0.3) is 15.9 Å². The molecule has 2 aliphatic heterocycles. The molecule has 30 heavy (non-hydrogen) atoms. The first-order valence-corrected chi connectivity index (χ1v) is 12.0. The number of fused-ring (bicyclic) bond motifs is 1. The smallest absolute Gasteiger partial charge is 0.548 e. The Balaban J connectivity index is 0.00000320. The van der Waals surface area contributed by atoms with E-state index in [1.807, 2.05) is 0 Å². The summed E-state index contributed by atoms with van der Waals surface area (Å²) >= 11 is 0.388. The van der Waals surface area contributed by atoms with E-state index in [4.69, 9.17) is 0 Å². The molecule has 0 N–H and O–H groups in total. The second-order valence-corrected chi connectivity index (χ2v) is 12.9. The number of sulfone groups is 1. The Kier molecular flexibility index (Phi) is 6.91. The van der Waals surface area contributed by atoms with E-state index in [0.717, 1.165) is 9.27 Å². The largest absolute Gasteiger partial charge is 1.00 e.